The van der Waals surface area contributed by atoms with Crippen molar-refractivity contribution in [3.8, 4) is 0 Å². The van der Waals surface area contributed by atoms with Crippen LogP contribution in [0.5, 0.6) is 0 Å². The highest BCUT2D eigenvalue weighted by Crippen LogP contribution is 2.35. The minimum atomic E-state index is 0.128. The van der Waals surface area contributed by atoms with Crippen LogP contribution in [0, 0.1) is 5.92 Å². The Bertz CT molecular complexity index is 272. The summed E-state index contributed by atoms with van der Waals surface area (Å²) < 4.78 is 6.03. The summed E-state index contributed by atoms with van der Waals surface area (Å²) in [4.78, 5) is 2.71. The van der Waals surface area contributed by atoms with Crippen LogP contribution in [-0.4, -0.2) is 49.3 Å². The van der Waals surface area contributed by atoms with Crippen molar-refractivity contribution in [3.05, 3.63) is 0 Å². The molecule has 0 aromatic carbocycles. The molecule has 0 aromatic heterocycles. The number of nitrogens with one attached hydrogen (secondary N) is 1. The Morgan fingerprint density at radius 3 is 2.61 bits per heavy atom. The van der Waals surface area contributed by atoms with Crippen molar-refractivity contribution in [1.82, 2.24) is 10.2 Å². The Hall–Kier alpha value is -0.120. The van der Waals surface area contributed by atoms with Crippen molar-refractivity contribution in [2.24, 2.45) is 5.92 Å². The highest BCUT2D eigenvalue weighted by Gasteiger charge is 2.35. The third-order valence-electron chi connectivity index (χ3n) is 5.19. The summed E-state index contributed by atoms with van der Waals surface area (Å²) in [6.45, 7) is 7.65. The largest absolute Gasteiger partial charge is 0.371 e. The number of hydrogen-bond acceptors (Lipinski definition) is 3. The van der Waals surface area contributed by atoms with E-state index in [2.05, 4.69) is 17.1 Å². The van der Waals surface area contributed by atoms with Crippen LogP contribution >= 0.6 is 0 Å². The SMILES string of the molecule is CC1(OCCN2CCCC2C2CCCC2)CNC1. The van der Waals surface area contributed by atoms with Gasteiger partial charge in [0.15, 0.2) is 0 Å². The van der Waals surface area contributed by atoms with Crippen molar-refractivity contribution in [1.29, 1.82) is 0 Å². The summed E-state index contributed by atoms with van der Waals surface area (Å²) in [5.74, 6) is 0.994. The third kappa shape index (κ3) is 2.73. The second-order valence-electron chi connectivity index (χ2n) is 6.69. The molecule has 1 N–H and O–H groups in total. The molecule has 1 atom stereocenters. The molecule has 0 amide bonds. The summed E-state index contributed by atoms with van der Waals surface area (Å²) >= 11 is 0. The van der Waals surface area contributed by atoms with Gasteiger partial charge in [-0.15, -0.1) is 0 Å². The first-order valence-corrected chi connectivity index (χ1v) is 7.86. The molecule has 3 nitrogen and oxygen atoms in total. The van der Waals surface area contributed by atoms with Crippen molar-refractivity contribution >= 4 is 0 Å². The standard InChI is InChI=1S/C15H28N2O/c1-15(11-16-12-15)18-10-9-17-8-4-7-14(17)13-5-2-3-6-13/h13-14,16H,2-12H2,1H3. The molecule has 2 heterocycles. The predicted octanol–water partition coefficient (Wildman–Crippen LogP) is 2.02. The summed E-state index contributed by atoms with van der Waals surface area (Å²) in [6.07, 6.45) is 8.72. The number of nitrogens with zero attached hydrogens (tertiary/aromatic N) is 1. The van der Waals surface area contributed by atoms with Gasteiger partial charge in [-0.25, -0.2) is 0 Å². The van der Waals surface area contributed by atoms with E-state index in [9.17, 15) is 0 Å². The average Bonchev–Trinajstić information content (AvgIpc) is 2.96. The monoisotopic (exact) mass is 252 g/mol. The minimum Gasteiger partial charge on any atom is -0.371 e. The molecular weight excluding hydrogens is 224 g/mol. The molecule has 0 aromatic rings. The fourth-order valence-electron chi connectivity index (χ4n) is 3.99. The first-order valence-electron chi connectivity index (χ1n) is 7.86. The van der Waals surface area contributed by atoms with E-state index in [0.717, 1.165) is 38.2 Å². The van der Waals surface area contributed by atoms with Crippen LogP contribution in [0.25, 0.3) is 0 Å². The number of likely N-dealkylation sites (tertiary alicyclic amines) is 1. The summed E-state index contributed by atoms with van der Waals surface area (Å²) in [6, 6.07) is 0.878. The first-order chi connectivity index (χ1) is 8.77. The average molecular weight is 252 g/mol. The molecule has 2 saturated heterocycles. The second-order valence-corrected chi connectivity index (χ2v) is 6.69. The molecule has 3 heteroatoms. The van der Waals surface area contributed by atoms with E-state index in [1.165, 1.54) is 45.1 Å². The first kappa shape index (κ1) is 12.9. The number of rotatable bonds is 5. The molecule has 0 bridgehead atoms. The molecule has 1 saturated carbocycles. The van der Waals surface area contributed by atoms with E-state index in [1.54, 1.807) is 0 Å². The van der Waals surface area contributed by atoms with Gasteiger partial charge in [-0.3, -0.25) is 4.90 Å². The van der Waals surface area contributed by atoms with Gasteiger partial charge in [0.2, 0.25) is 0 Å². The maximum atomic E-state index is 6.03. The topological polar surface area (TPSA) is 24.5 Å². The number of ether oxygens (including phenoxy) is 1. The van der Waals surface area contributed by atoms with E-state index in [-0.39, 0.29) is 5.60 Å². The lowest BCUT2D eigenvalue weighted by atomic mass is 9.96. The molecule has 1 aliphatic carbocycles. The van der Waals surface area contributed by atoms with E-state index < -0.39 is 0 Å². The van der Waals surface area contributed by atoms with E-state index in [4.69, 9.17) is 4.74 Å². The molecule has 104 valence electrons. The Balaban J connectivity index is 1.43. The lowest BCUT2D eigenvalue weighted by Crippen LogP contribution is -2.59. The van der Waals surface area contributed by atoms with Crippen LogP contribution in [0.2, 0.25) is 0 Å². The Morgan fingerprint density at radius 1 is 1.17 bits per heavy atom. The zero-order chi connectivity index (χ0) is 12.4. The lowest BCUT2D eigenvalue weighted by molar-refractivity contribution is -0.0738. The summed E-state index contributed by atoms with van der Waals surface area (Å²) in [5, 5.41) is 3.30. The van der Waals surface area contributed by atoms with Crippen LogP contribution in [-0.2, 0) is 4.74 Å². The molecule has 3 aliphatic rings. The molecule has 3 fully saturated rings. The van der Waals surface area contributed by atoms with Gasteiger partial charge in [0, 0.05) is 25.7 Å². The second kappa shape index (κ2) is 5.48. The van der Waals surface area contributed by atoms with Gasteiger partial charge in [-0.2, -0.15) is 0 Å². The molecular formula is C15H28N2O. The van der Waals surface area contributed by atoms with Gasteiger partial charge in [0.1, 0.15) is 0 Å². The zero-order valence-corrected chi connectivity index (χ0v) is 11.8. The van der Waals surface area contributed by atoms with Crippen LogP contribution in [0.1, 0.15) is 45.4 Å². The van der Waals surface area contributed by atoms with E-state index in [1.807, 2.05) is 0 Å². The third-order valence-corrected chi connectivity index (χ3v) is 5.19. The smallest absolute Gasteiger partial charge is 0.0902 e. The van der Waals surface area contributed by atoms with Crippen molar-refractivity contribution < 1.29 is 4.74 Å². The van der Waals surface area contributed by atoms with Crippen molar-refractivity contribution in [2.45, 2.75) is 57.1 Å². The molecule has 3 rings (SSSR count). The van der Waals surface area contributed by atoms with Crippen LogP contribution in [0.4, 0.5) is 0 Å². The molecule has 1 unspecified atom stereocenters. The van der Waals surface area contributed by atoms with Gasteiger partial charge >= 0.3 is 0 Å². The maximum Gasteiger partial charge on any atom is 0.0902 e. The Morgan fingerprint density at radius 2 is 1.94 bits per heavy atom. The zero-order valence-electron chi connectivity index (χ0n) is 11.8. The predicted molar refractivity (Wildman–Crippen MR) is 73.8 cm³/mol. The summed E-state index contributed by atoms with van der Waals surface area (Å²) in [5.41, 5.74) is 0.128. The summed E-state index contributed by atoms with van der Waals surface area (Å²) in [7, 11) is 0. The van der Waals surface area contributed by atoms with Gasteiger partial charge in [-0.1, -0.05) is 12.8 Å². The maximum absolute atomic E-state index is 6.03. The normalized spacial score (nSPS) is 32.8. The van der Waals surface area contributed by atoms with Crippen molar-refractivity contribution in [2.75, 3.05) is 32.8 Å². The van der Waals surface area contributed by atoms with Crippen LogP contribution < -0.4 is 5.32 Å². The molecule has 0 radical (unpaired) electrons. The van der Waals surface area contributed by atoms with Gasteiger partial charge in [0.25, 0.3) is 0 Å². The van der Waals surface area contributed by atoms with Crippen molar-refractivity contribution in [3.63, 3.8) is 0 Å². The molecule has 18 heavy (non-hydrogen) atoms. The quantitative estimate of drug-likeness (QED) is 0.810. The van der Waals surface area contributed by atoms with Gasteiger partial charge < -0.3 is 10.1 Å². The van der Waals surface area contributed by atoms with Gasteiger partial charge in [0.05, 0.1) is 12.2 Å². The highest BCUT2D eigenvalue weighted by atomic mass is 16.5. The van der Waals surface area contributed by atoms with Crippen LogP contribution in [0.15, 0.2) is 0 Å². The Kier molecular flexibility index (Phi) is 3.92. The molecule has 0 spiro atoms. The van der Waals surface area contributed by atoms with E-state index in [0.29, 0.717) is 0 Å². The Labute approximate surface area is 111 Å². The highest BCUT2D eigenvalue weighted by molar-refractivity contribution is 4.91. The fraction of sp³-hybridized carbons (Fsp3) is 1.00. The lowest BCUT2D eigenvalue weighted by Gasteiger charge is -2.40. The van der Waals surface area contributed by atoms with E-state index >= 15 is 0 Å². The van der Waals surface area contributed by atoms with Gasteiger partial charge in [-0.05, 0) is 45.1 Å². The number of hydrogen-bond donors (Lipinski definition) is 1. The van der Waals surface area contributed by atoms with Crippen LogP contribution in [0.3, 0.4) is 0 Å². The minimum absolute atomic E-state index is 0.128. The fourth-order valence-corrected chi connectivity index (χ4v) is 3.99. The molecule has 2 aliphatic heterocycles.